The first-order chi connectivity index (χ1) is 8.24. The molecule has 0 fully saturated rings. The molecule has 4 nitrogen and oxygen atoms in total. The van der Waals surface area contributed by atoms with Crippen LogP contribution >= 0.6 is 11.3 Å². The van der Waals surface area contributed by atoms with Gasteiger partial charge in [0.1, 0.15) is 0 Å². The first-order valence-corrected chi connectivity index (χ1v) is 6.51. The molecule has 0 saturated heterocycles. The summed E-state index contributed by atoms with van der Waals surface area (Å²) >= 11 is 1.53. The predicted octanol–water partition coefficient (Wildman–Crippen LogP) is 2.05. The molecule has 17 heavy (non-hydrogen) atoms. The van der Waals surface area contributed by atoms with Crippen LogP contribution < -0.4 is 10.6 Å². The molecule has 1 unspecified atom stereocenters. The molecule has 0 aliphatic rings. The Morgan fingerprint density at radius 3 is 3.06 bits per heavy atom. The molecule has 3 N–H and O–H groups in total. The number of carbonyl (C=O) groups is 1. The van der Waals surface area contributed by atoms with Crippen LogP contribution in [0.25, 0.3) is 0 Å². The maximum Gasteiger partial charge on any atom is 0.314 e. The second-order valence-corrected chi connectivity index (χ2v) is 4.35. The van der Waals surface area contributed by atoms with E-state index in [4.69, 9.17) is 0 Å². The standard InChI is InChI=1S/C12H18N2O2S/c1-2-3-4-6-13-12(16)14-8-11(15)10-5-7-17-9-10/h2-3,5,7,9,11,15H,4,6,8H2,1H3,(H2,13,14,16)/b3-2+. The van der Waals surface area contributed by atoms with Crippen LogP contribution in [0.15, 0.2) is 29.0 Å². The number of aliphatic hydroxyl groups is 1. The Labute approximate surface area is 105 Å². The van der Waals surface area contributed by atoms with E-state index in [1.807, 2.05) is 35.9 Å². The molecule has 0 bridgehead atoms. The van der Waals surface area contributed by atoms with Crippen LogP contribution in [0.4, 0.5) is 4.79 Å². The molecule has 1 rings (SSSR count). The van der Waals surface area contributed by atoms with Crippen LogP contribution in [0.2, 0.25) is 0 Å². The Morgan fingerprint density at radius 1 is 1.59 bits per heavy atom. The molecule has 1 aromatic heterocycles. The van der Waals surface area contributed by atoms with Crippen LogP contribution in [0, 0.1) is 0 Å². The lowest BCUT2D eigenvalue weighted by atomic mass is 10.2. The second kappa shape index (κ2) is 7.86. The highest BCUT2D eigenvalue weighted by Gasteiger charge is 2.08. The molecule has 2 amide bonds. The summed E-state index contributed by atoms with van der Waals surface area (Å²) in [6.45, 7) is 2.77. The Bertz CT molecular complexity index is 349. The van der Waals surface area contributed by atoms with Crippen molar-refractivity contribution >= 4 is 17.4 Å². The predicted molar refractivity (Wildman–Crippen MR) is 70.1 cm³/mol. The number of carbonyl (C=O) groups excluding carboxylic acids is 1. The van der Waals surface area contributed by atoms with Gasteiger partial charge in [-0.1, -0.05) is 12.2 Å². The first kappa shape index (κ1) is 13.7. The number of thiophene rings is 1. The van der Waals surface area contributed by atoms with E-state index in [-0.39, 0.29) is 12.6 Å². The zero-order valence-electron chi connectivity index (χ0n) is 9.85. The van der Waals surface area contributed by atoms with Crippen molar-refractivity contribution in [1.82, 2.24) is 10.6 Å². The molecule has 1 heterocycles. The van der Waals surface area contributed by atoms with Gasteiger partial charge in [0.2, 0.25) is 0 Å². The number of allylic oxidation sites excluding steroid dienone is 1. The van der Waals surface area contributed by atoms with E-state index in [1.165, 1.54) is 11.3 Å². The molecule has 94 valence electrons. The molecule has 0 aromatic carbocycles. The summed E-state index contributed by atoms with van der Waals surface area (Å²) in [4.78, 5) is 11.3. The summed E-state index contributed by atoms with van der Waals surface area (Å²) in [7, 11) is 0. The van der Waals surface area contributed by atoms with Crippen molar-refractivity contribution in [3.05, 3.63) is 34.5 Å². The summed E-state index contributed by atoms with van der Waals surface area (Å²) in [6.07, 6.45) is 4.11. The molecule has 5 heteroatoms. The van der Waals surface area contributed by atoms with Crippen molar-refractivity contribution in [2.24, 2.45) is 0 Å². The number of urea groups is 1. The van der Waals surface area contributed by atoms with Gasteiger partial charge in [0.15, 0.2) is 0 Å². The number of aliphatic hydroxyl groups excluding tert-OH is 1. The maximum absolute atomic E-state index is 11.3. The summed E-state index contributed by atoms with van der Waals surface area (Å²) in [5.74, 6) is 0. The van der Waals surface area contributed by atoms with E-state index in [0.29, 0.717) is 6.54 Å². The number of hydrogen-bond acceptors (Lipinski definition) is 3. The summed E-state index contributed by atoms with van der Waals surface area (Å²) in [5.41, 5.74) is 0.837. The van der Waals surface area contributed by atoms with Gasteiger partial charge in [-0.25, -0.2) is 4.79 Å². The van der Waals surface area contributed by atoms with Crippen molar-refractivity contribution in [3.63, 3.8) is 0 Å². The maximum atomic E-state index is 11.3. The van der Waals surface area contributed by atoms with Gasteiger partial charge in [-0.3, -0.25) is 0 Å². The van der Waals surface area contributed by atoms with E-state index in [1.54, 1.807) is 0 Å². The van der Waals surface area contributed by atoms with Crippen molar-refractivity contribution in [1.29, 1.82) is 0 Å². The van der Waals surface area contributed by atoms with Crippen LogP contribution in [0.5, 0.6) is 0 Å². The van der Waals surface area contributed by atoms with Gasteiger partial charge in [0.05, 0.1) is 6.10 Å². The Hall–Kier alpha value is -1.33. The van der Waals surface area contributed by atoms with Crippen molar-refractivity contribution < 1.29 is 9.90 Å². The molecule has 0 saturated carbocycles. The first-order valence-electron chi connectivity index (χ1n) is 5.57. The molecule has 0 aliphatic heterocycles. The Morgan fingerprint density at radius 2 is 2.41 bits per heavy atom. The number of nitrogens with one attached hydrogen (secondary N) is 2. The third kappa shape index (κ3) is 5.51. The third-order valence-corrected chi connectivity index (χ3v) is 2.92. The molecule has 1 aromatic rings. The minimum Gasteiger partial charge on any atom is -0.387 e. The number of hydrogen-bond donors (Lipinski definition) is 3. The third-order valence-electron chi connectivity index (χ3n) is 2.22. The molecule has 0 radical (unpaired) electrons. The zero-order chi connectivity index (χ0) is 12.5. The van der Waals surface area contributed by atoms with Crippen LogP contribution in [-0.4, -0.2) is 24.2 Å². The van der Waals surface area contributed by atoms with E-state index < -0.39 is 6.10 Å². The van der Waals surface area contributed by atoms with Gasteiger partial charge in [-0.05, 0) is 35.7 Å². The lowest BCUT2D eigenvalue weighted by Crippen LogP contribution is -2.38. The quantitative estimate of drug-likeness (QED) is 0.537. The summed E-state index contributed by atoms with van der Waals surface area (Å²) in [6, 6.07) is 1.60. The molecule has 0 aliphatic carbocycles. The van der Waals surface area contributed by atoms with Crippen molar-refractivity contribution in [3.8, 4) is 0 Å². The van der Waals surface area contributed by atoms with E-state index in [2.05, 4.69) is 10.6 Å². The molecule has 0 spiro atoms. The Kier molecular flexibility index (Phi) is 6.35. The zero-order valence-corrected chi connectivity index (χ0v) is 10.7. The Balaban J connectivity index is 2.15. The van der Waals surface area contributed by atoms with Crippen LogP contribution in [0.1, 0.15) is 25.0 Å². The fourth-order valence-electron chi connectivity index (χ4n) is 1.27. The van der Waals surface area contributed by atoms with Crippen LogP contribution in [0.3, 0.4) is 0 Å². The topological polar surface area (TPSA) is 61.4 Å². The summed E-state index contributed by atoms with van der Waals surface area (Å²) < 4.78 is 0. The monoisotopic (exact) mass is 254 g/mol. The van der Waals surface area contributed by atoms with E-state index >= 15 is 0 Å². The highest BCUT2D eigenvalue weighted by molar-refractivity contribution is 7.07. The SMILES string of the molecule is C/C=C/CCNC(=O)NCC(O)c1ccsc1. The minimum atomic E-state index is -0.637. The summed E-state index contributed by atoms with van der Waals surface area (Å²) in [5, 5.41) is 18.8. The average molecular weight is 254 g/mol. The average Bonchev–Trinajstić information content (AvgIpc) is 2.85. The van der Waals surface area contributed by atoms with Gasteiger partial charge in [0.25, 0.3) is 0 Å². The fourth-order valence-corrected chi connectivity index (χ4v) is 1.98. The number of rotatable bonds is 6. The van der Waals surface area contributed by atoms with Gasteiger partial charge < -0.3 is 15.7 Å². The largest absolute Gasteiger partial charge is 0.387 e. The van der Waals surface area contributed by atoms with Gasteiger partial charge in [0, 0.05) is 13.1 Å². The fraction of sp³-hybridized carbons (Fsp3) is 0.417. The van der Waals surface area contributed by atoms with Crippen molar-refractivity contribution in [2.75, 3.05) is 13.1 Å². The van der Waals surface area contributed by atoms with Gasteiger partial charge in [-0.15, -0.1) is 0 Å². The normalized spacial score (nSPS) is 12.6. The van der Waals surface area contributed by atoms with E-state index in [0.717, 1.165) is 12.0 Å². The lowest BCUT2D eigenvalue weighted by Gasteiger charge is -2.11. The number of amides is 2. The van der Waals surface area contributed by atoms with Crippen molar-refractivity contribution in [2.45, 2.75) is 19.4 Å². The second-order valence-electron chi connectivity index (χ2n) is 3.57. The molecule has 1 atom stereocenters. The van der Waals surface area contributed by atoms with Crippen LogP contribution in [-0.2, 0) is 0 Å². The van der Waals surface area contributed by atoms with E-state index in [9.17, 15) is 9.90 Å². The minimum absolute atomic E-state index is 0.228. The molecular weight excluding hydrogens is 236 g/mol. The highest BCUT2D eigenvalue weighted by atomic mass is 32.1. The van der Waals surface area contributed by atoms with Gasteiger partial charge in [-0.2, -0.15) is 11.3 Å². The smallest absolute Gasteiger partial charge is 0.314 e. The van der Waals surface area contributed by atoms with Gasteiger partial charge >= 0.3 is 6.03 Å². The molecular formula is C12H18N2O2S. The lowest BCUT2D eigenvalue weighted by molar-refractivity contribution is 0.173. The highest BCUT2D eigenvalue weighted by Crippen LogP contribution is 2.14.